The lowest BCUT2D eigenvalue weighted by atomic mass is 9.88. The minimum atomic E-state index is -0.507. The van der Waals surface area contributed by atoms with E-state index in [1.165, 1.54) is 0 Å². The molecule has 8 nitrogen and oxygen atoms in total. The molecule has 2 aromatic carbocycles. The van der Waals surface area contributed by atoms with Gasteiger partial charge in [-0.15, -0.1) is 0 Å². The van der Waals surface area contributed by atoms with E-state index in [-0.39, 0.29) is 25.2 Å². The molecular formula is C28H36ClN3O5. The summed E-state index contributed by atoms with van der Waals surface area (Å²) < 4.78 is 19.3. The Morgan fingerprint density at radius 2 is 1.78 bits per heavy atom. The molecule has 0 saturated carbocycles. The molecule has 3 aromatic rings. The summed E-state index contributed by atoms with van der Waals surface area (Å²) in [7, 11) is 0. The Morgan fingerprint density at radius 1 is 1.03 bits per heavy atom. The molecule has 1 aromatic heterocycles. The molecule has 0 aliphatic heterocycles. The number of hydroxylamine groups is 1. The van der Waals surface area contributed by atoms with Crippen LogP contribution in [0.1, 0.15) is 55.5 Å². The fourth-order valence-corrected chi connectivity index (χ4v) is 4.27. The van der Waals surface area contributed by atoms with Gasteiger partial charge in [0.25, 0.3) is 0 Å². The molecule has 0 saturated heterocycles. The van der Waals surface area contributed by atoms with Crippen LogP contribution in [0.3, 0.4) is 0 Å². The molecule has 9 heteroatoms. The van der Waals surface area contributed by atoms with Gasteiger partial charge in [-0.25, -0.2) is 5.48 Å². The van der Waals surface area contributed by atoms with Crippen LogP contribution in [0.15, 0.2) is 66.9 Å². The van der Waals surface area contributed by atoms with Crippen LogP contribution in [0, 0.1) is 0 Å². The van der Waals surface area contributed by atoms with Gasteiger partial charge in [0.15, 0.2) is 0 Å². The van der Waals surface area contributed by atoms with Gasteiger partial charge in [-0.2, -0.15) is 5.10 Å². The lowest BCUT2D eigenvalue weighted by Crippen LogP contribution is -2.33. The molecule has 0 spiro atoms. The summed E-state index contributed by atoms with van der Waals surface area (Å²) in [4.78, 5) is 12.2. The molecule has 0 radical (unpaired) electrons. The maximum Gasteiger partial charge on any atom is 0.245 e. The molecule has 1 heterocycles. The van der Waals surface area contributed by atoms with Gasteiger partial charge in [0, 0.05) is 35.5 Å². The van der Waals surface area contributed by atoms with Crippen molar-refractivity contribution in [2.75, 3.05) is 20.0 Å². The number of ether oxygens (including phenoxy) is 3. The summed E-state index contributed by atoms with van der Waals surface area (Å²) in [5.41, 5.74) is 4.85. The monoisotopic (exact) mass is 529 g/mol. The van der Waals surface area contributed by atoms with Crippen molar-refractivity contribution in [3.63, 3.8) is 0 Å². The van der Waals surface area contributed by atoms with Crippen molar-refractivity contribution in [3.05, 3.63) is 88.7 Å². The summed E-state index contributed by atoms with van der Waals surface area (Å²) in [6.45, 7) is 5.64. The van der Waals surface area contributed by atoms with Gasteiger partial charge >= 0.3 is 0 Å². The van der Waals surface area contributed by atoms with Gasteiger partial charge in [-0.1, -0.05) is 54.1 Å². The number of amides is 1. The van der Waals surface area contributed by atoms with Crippen LogP contribution < -0.4 is 5.48 Å². The van der Waals surface area contributed by atoms with Crippen molar-refractivity contribution in [2.45, 2.75) is 57.8 Å². The Hall–Kier alpha value is -2.75. The van der Waals surface area contributed by atoms with Gasteiger partial charge in [0.1, 0.15) is 6.79 Å². The maximum absolute atomic E-state index is 12.2. The van der Waals surface area contributed by atoms with Crippen molar-refractivity contribution in [2.24, 2.45) is 0 Å². The lowest BCUT2D eigenvalue weighted by Gasteiger charge is -2.29. The highest BCUT2D eigenvalue weighted by atomic mass is 35.5. The van der Waals surface area contributed by atoms with Crippen molar-refractivity contribution < 1.29 is 24.2 Å². The molecule has 2 atom stereocenters. The highest BCUT2D eigenvalue weighted by Gasteiger charge is 2.30. The smallest absolute Gasteiger partial charge is 0.245 e. The van der Waals surface area contributed by atoms with E-state index in [0.29, 0.717) is 37.7 Å². The lowest BCUT2D eigenvalue weighted by molar-refractivity contribution is -0.133. The second kappa shape index (κ2) is 15.5. The third-order valence-corrected chi connectivity index (χ3v) is 6.19. The standard InChI is InChI=1S/C28H36ClN3O5/c1-21(2)32-26(13-14-30-32)25(17-22-9-11-24(29)12-10-22)27(18-28(33)31-34)37-16-6-15-35-20-36-19-23-7-4-3-5-8-23/h3-5,7-14,21,25,27,34H,6,15-20H2,1-2H3,(H,31,33)/t25-,27-/m1/s1. The largest absolute Gasteiger partial charge is 0.377 e. The molecular weight excluding hydrogens is 494 g/mol. The second-order valence-electron chi connectivity index (χ2n) is 9.09. The first kappa shape index (κ1) is 28.8. The van der Waals surface area contributed by atoms with E-state index < -0.39 is 12.0 Å². The first-order chi connectivity index (χ1) is 18.0. The first-order valence-corrected chi connectivity index (χ1v) is 12.9. The molecule has 1 amide bonds. The molecule has 0 fully saturated rings. The predicted molar refractivity (Wildman–Crippen MR) is 141 cm³/mol. The molecule has 0 aliphatic rings. The third-order valence-electron chi connectivity index (χ3n) is 5.94. The van der Waals surface area contributed by atoms with Crippen LogP contribution in [0.25, 0.3) is 0 Å². The minimum Gasteiger partial charge on any atom is -0.377 e. The SMILES string of the molecule is CC(C)n1nccc1[C@@H](Cc1ccc(Cl)cc1)[C@@H](CC(=O)NO)OCCCOCOCc1ccccc1. The predicted octanol–water partition coefficient (Wildman–Crippen LogP) is 5.31. The van der Waals surface area contributed by atoms with E-state index in [9.17, 15) is 10.0 Å². The van der Waals surface area contributed by atoms with Crippen LogP contribution in [0.4, 0.5) is 0 Å². The van der Waals surface area contributed by atoms with Crippen molar-refractivity contribution in [3.8, 4) is 0 Å². The number of nitrogens with one attached hydrogen (secondary N) is 1. The molecule has 37 heavy (non-hydrogen) atoms. The van der Waals surface area contributed by atoms with Gasteiger partial charge in [-0.05, 0) is 56.0 Å². The molecule has 2 N–H and O–H groups in total. The Morgan fingerprint density at radius 3 is 2.49 bits per heavy atom. The summed E-state index contributed by atoms with van der Waals surface area (Å²) >= 11 is 6.09. The Bertz CT molecular complexity index is 1060. The van der Waals surface area contributed by atoms with Crippen molar-refractivity contribution in [1.82, 2.24) is 15.3 Å². The second-order valence-corrected chi connectivity index (χ2v) is 9.53. The summed E-state index contributed by atoms with van der Waals surface area (Å²) in [6.07, 6.45) is 2.51. The Balaban J connectivity index is 1.61. The van der Waals surface area contributed by atoms with E-state index in [1.807, 2.05) is 65.3 Å². The number of carbonyl (C=O) groups is 1. The van der Waals surface area contributed by atoms with Crippen molar-refractivity contribution in [1.29, 1.82) is 0 Å². The van der Waals surface area contributed by atoms with E-state index in [0.717, 1.165) is 16.8 Å². The van der Waals surface area contributed by atoms with E-state index >= 15 is 0 Å². The van der Waals surface area contributed by atoms with Gasteiger partial charge in [0.2, 0.25) is 5.91 Å². The quantitative estimate of drug-likeness (QED) is 0.113. The highest BCUT2D eigenvalue weighted by molar-refractivity contribution is 6.30. The number of rotatable bonds is 16. The van der Waals surface area contributed by atoms with Crippen LogP contribution in [0.2, 0.25) is 5.02 Å². The topological polar surface area (TPSA) is 94.8 Å². The van der Waals surface area contributed by atoms with E-state index in [4.69, 9.17) is 25.8 Å². The normalized spacial score (nSPS) is 13.0. The molecule has 3 rings (SSSR count). The minimum absolute atomic E-state index is 0.000917. The Labute approximate surface area is 223 Å². The number of nitrogens with zero attached hydrogens (tertiary/aromatic N) is 2. The average Bonchev–Trinajstić information content (AvgIpc) is 3.40. The molecule has 200 valence electrons. The van der Waals surface area contributed by atoms with Crippen LogP contribution in [0.5, 0.6) is 0 Å². The number of aromatic nitrogens is 2. The fourth-order valence-electron chi connectivity index (χ4n) is 4.14. The summed E-state index contributed by atoms with van der Waals surface area (Å²) in [5, 5.41) is 14.4. The number of halogens is 1. The van der Waals surface area contributed by atoms with E-state index in [1.54, 1.807) is 11.7 Å². The van der Waals surface area contributed by atoms with Gasteiger partial charge in [-0.3, -0.25) is 14.7 Å². The number of benzene rings is 2. The van der Waals surface area contributed by atoms with Crippen LogP contribution in [-0.4, -0.2) is 47.0 Å². The zero-order valence-corrected chi connectivity index (χ0v) is 22.1. The third kappa shape index (κ3) is 9.57. The van der Waals surface area contributed by atoms with Gasteiger partial charge < -0.3 is 14.2 Å². The molecule has 0 unspecified atom stereocenters. The molecule has 0 bridgehead atoms. The molecule has 0 aliphatic carbocycles. The summed E-state index contributed by atoms with van der Waals surface area (Å²) in [6, 6.07) is 19.6. The fraction of sp³-hybridized carbons (Fsp3) is 0.429. The summed E-state index contributed by atoms with van der Waals surface area (Å²) in [5.74, 6) is -0.689. The Kier molecular flexibility index (Phi) is 12.1. The van der Waals surface area contributed by atoms with E-state index in [2.05, 4.69) is 18.9 Å². The highest BCUT2D eigenvalue weighted by Crippen LogP contribution is 2.30. The number of carbonyl (C=O) groups excluding carboxylic acids is 1. The average molecular weight is 530 g/mol. The number of hydrogen-bond acceptors (Lipinski definition) is 6. The van der Waals surface area contributed by atoms with Crippen LogP contribution >= 0.6 is 11.6 Å². The zero-order valence-electron chi connectivity index (χ0n) is 21.4. The zero-order chi connectivity index (χ0) is 26.5. The van der Waals surface area contributed by atoms with Gasteiger partial charge in [0.05, 0.1) is 25.7 Å². The number of hydrogen-bond donors (Lipinski definition) is 2. The maximum atomic E-state index is 12.2. The van der Waals surface area contributed by atoms with Crippen LogP contribution in [-0.2, 0) is 32.0 Å². The van der Waals surface area contributed by atoms with Crippen molar-refractivity contribution >= 4 is 17.5 Å². The first-order valence-electron chi connectivity index (χ1n) is 12.5.